The number of alkyl halides is 3. The molecule has 0 saturated heterocycles. The van der Waals surface area contributed by atoms with Crippen molar-refractivity contribution in [1.82, 2.24) is 24.7 Å². The third-order valence-corrected chi connectivity index (χ3v) is 4.11. The molecule has 6 nitrogen and oxygen atoms in total. The molecule has 0 spiro atoms. The monoisotopic (exact) mass is 332 g/mol. The molecule has 0 aliphatic carbocycles. The van der Waals surface area contributed by atoms with E-state index in [1.807, 2.05) is 20.0 Å². The maximum absolute atomic E-state index is 13.3. The van der Waals surface area contributed by atoms with Crippen LogP contribution in [0.2, 0.25) is 0 Å². The fraction of sp³-hybridized carbons (Fsp3) is 0.455. The SMILES string of the molecule is CCn1cc(C2=Nn3c(nnc3C(F)(F)Cl)SC2)c(C)n1. The molecule has 0 radical (unpaired) electrons. The first-order valence-electron chi connectivity index (χ1n) is 6.18. The highest BCUT2D eigenvalue weighted by Gasteiger charge is 2.37. The van der Waals surface area contributed by atoms with Crippen molar-refractivity contribution in [2.75, 3.05) is 5.75 Å². The molecular formula is C11H11ClF2N6S. The third kappa shape index (κ3) is 2.55. The van der Waals surface area contributed by atoms with Crippen molar-refractivity contribution in [1.29, 1.82) is 0 Å². The van der Waals surface area contributed by atoms with Gasteiger partial charge < -0.3 is 0 Å². The van der Waals surface area contributed by atoms with Gasteiger partial charge in [0.05, 0.1) is 11.4 Å². The van der Waals surface area contributed by atoms with E-state index in [-0.39, 0.29) is 0 Å². The summed E-state index contributed by atoms with van der Waals surface area (Å²) in [6, 6.07) is 0. The second-order valence-corrected chi connectivity index (χ2v) is 5.85. The van der Waals surface area contributed by atoms with Gasteiger partial charge in [0.2, 0.25) is 11.0 Å². The lowest BCUT2D eigenvalue weighted by molar-refractivity contribution is 0.0799. The molecule has 1 aliphatic heterocycles. The van der Waals surface area contributed by atoms with E-state index in [2.05, 4.69) is 20.4 Å². The van der Waals surface area contributed by atoms with E-state index in [9.17, 15) is 8.78 Å². The largest absolute Gasteiger partial charge is 0.383 e. The molecule has 0 saturated carbocycles. The lowest BCUT2D eigenvalue weighted by Gasteiger charge is -2.14. The number of nitrogens with zero attached hydrogens (tertiary/aromatic N) is 6. The molecule has 0 atom stereocenters. The number of thioether (sulfide) groups is 1. The highest BCUT2D eigenvalue weighted by Crippen LogP contribution is 2.34. The van der Waals surface area contributed by atoms with Crippen molar-refractivity contribution in [3.8, 4) is 0 Å². The molecular weight excluding hydrogens is 322 g/mol. The quantitative estimate of drug-likeness (QED) is 0.810. The Morgan fingerprint density at radius 2 is 2.19 bits per heavy atom. The smallest absolute Gasteiger partial charge is 0.272 e. The van der Waals surface area contributed by atoms with Crippen molar-refractivity contribution >= 4 is 29.1 Å². The van der Waals surface area contributed by atoms with E-state index in [1.54, 1.807) is 4.68 Å². The van der Waals surface area contributed by atoms with Crippen molar-refractivity contribution < 1.29 is 8.78 Å². The zero-order valence-corrected chi connectivity index (χ0v) is 12.8. The summed E-state index contributed by atoms with van der Waals surface area (Å²) in [7, 11) is 0. The first-order chi connectivity index (χ1) is 9.90. The van der Waals surface area contributed by atoms with E-state index in [4.69, 9.17) is 11.6 Å². The van der Waals surface area contributed by atoms with E-state index >= 15 is 0 Å². The van der Waals surface area contributed by atoms with Crippen LogP contribution in [0.1, 0.15) is 24.0 Å². The van der Waals surface area contributed by atoms with Crippen LogP contribution in [0.4, 0.5) is 8.78 Å². The topological polar surface area (TPSA) is 60.9 Å². The molecule has 2 aromatic rings. The van der Waals surface area contributed by atoms with Crippen LogP contribution in [-0.4, -0.2) is 36.1 Å². The van der Waals surface area contributed by atoms with Gasteiger partial charge in [0.15, 0.2) is 0 Å². The Labute approximate surface area is 128 Å². The van der Waals surface area contributed by atoms with E-state index < -0.39 is 11.2 Å². The van der Waals surface area contributed by atoms with E-state index in [0.29, 0.717) is 16.6 Å². The first kappa shape index (κ1) is 14.5. The predicted molar refractivity (Wildman–Crippen MR) is 75.1 cm³/mol. The van der Waals surface area contributed by atoms with Gasteiger partial charge in [-0.3, -0.25) is 4.68 Å². The average Bonchev–Trinajstić information content (AvgIpc) is 3.00. The minimum absolute atomic E-state index is 0.301. The number of fused-ring (bicyclic) bond motifs is 1. The third-order valence-electron chi connectivity index (χ3n) is 3.01. The number of hydrogen-bond donors (Lipinski definition) is 0. The highest BCUT2D eigenvalue weighted by atomic mass is 35.5. The lowest BCUT2D eigenvalue weighted by Crippen LogP contribution is -2.18. The van der Waals surface area contributed by atoms with Gasteiger partial charge in [0.1, 0.15) is 0 Å². The fourth-order valence-electron chi connectivity index (χ4n) is 2.00. The number of rotatable bonds is 3. The molecule has 0 unspecified atom stereocenters. The summed E-state index contributed by atoms with van der Waals surface area (Å²) in [5.74, 6) is -0.160. The molecule has 0 N–H and O–H groups in total. The predicted octanol–water partition coefficient (Wildman–Crippen LogP) is 2.45. The highest BCUT2D eigenvalue weighted by molar-refractivity contribution is 7.99. The minimum atomic E-state index is -3.61. The summed E-state index contributed by atoms with van der Waals surface area (Å²) in [6.07, 6.45) is 1.85. The minimum Gasteiger partial charge on any atom is -0.272 e. The Kier molecular flexibility index (Phi) is 3.48. The zero-order chi connectivity index (χ0) is 15.2. The van der Waals surface area contributed by atoms with Gasteiger partial charge in [-0.25, -0.2) is 0 Å². The molecule has 0 bridgehead atoms. The van der Waals surface area contributed by atoms with Gasteiger partial charge in [0.25, 0.3) is 0 Å². The van der Waals surface area contributed by atoms with Gasteiger partial charge in [-0.05, 0) is 25.4 Å². The van der Waals surface area contributed by atoms with Crippen molar-refractivity contribution in [2.24, 2.45) is 5.10 Å². The fourth-order valence-corrected chi connectivity index (χ4v) is 2.94. The van der Waals surface area contributed by atoms with Crippen LogP contribution in [0.5, 0.6) is 0 Å². The Morgan fingerprint density at radius 3 is 2.81 bits per heavy atom. The maximum atomic E-state index is 13.3. The molecule has 0 aromatic carbocycles. The van der Waals surface area contributed by atoms with Gasteiger partial charge >= 0.3 is 5.38 Å². The Bertz CT molecular complexity index is 717. The van der Waals surface area contributed by atoms with Gasteiger partial charge in [-0.15, -0.1) is 10.2 Å². The Balaban J connectivity index is 2.07. The van der Waals surface area contributed by atoms with Crippen LogP contribution in [0.3, 0.4) is 0 Å². The number of aromatic nitrogens is 5. The van der Waals surface area contributed by atoms with Crippen LogP contribution in [0.25, 0.3) is 0 Å². The first-order valence-corrected chi connectivity index (χ1v) is 7.54. The van der Waals surface area contributed by atoms with Crippen molar-refractivity contribution in [3.63, 3.8) is 0 Å². The van der Waals surface area contributed by atoms with Crippen LogP contribution >= 0.6 is 23.4 Å². The lowest BCUT2D eigenvalue weighted by atomic mass is 10.2. The van der Waals surface area contributed by atoms with E-state index in [0.717, 1.165) is 22.5 Å². The molecule has 3 heterocycles. The number of hydrogen-bond acceptors (Lipinski definition) is 5. The normalized spacial score (nSPS) is 15.0. The number of aryl methyl sites for hydroxylation is 2. The van der Waals surface area contributed by atoms with E-state index in [1.165, 1.54) is 11.8 Å². The maximum Gasteiger partial charge on any atom is 0.383 e. The molecule has 21 heavy (non-hydrogen) atoms. The van der Waals surface area contributed by atoms with Crippen molar-refractivity contribution in [3.05, 3.63) is 23.3 Å². The number of halogens is 3. The standard InChI is InChI=1S/C11H11ClF2N6S/c1-3-19-4-7(6(2)17-19)8-5-21-10-16-15-9(11(12,13)14)20(10)18-8/h4H,3,5H2,1-2H3. The summed E-state index contributed by atoms with van der Waals surface area (Å²) in [5, 5.41) is 12.3. The van der Waals surface area contributed by atoms with Gasteiger partial charge in [-0.2, -0.15) is 23.7 Å². The van der Waals surface area contributed by atoms with Crippen LogP contribution in [0.15, 0.2) is 16.5 Å². The summed E-state index contributed by atoms with van der Waals surface area (Å²) in [6.45, 7) is 4.55. The summed E-state index contributed by atoms with van der Waals surface area (Å²) < 4.78 is 29.4. The molecule has 1 aliphatic rings. The summed E-state index contributed by atoms with van der Waals surface area (Å²) in [4.78, 5) is 0. The second-order valence-electron chi connectivity index (χ2n) is 4.43. The summed E-state index contributed by atoms with van der Waals surface area (Å²) >= 11 is 6.32. The molecule has 0 amide bonds. The molecule has 112 valence electrons. The van der Waals surface area contributed by atoms with Gasteiger partial charge in [-0.1, -0.05) is 11.8 Å². The molecule has 3 rings (SSSR count). The second kappa shape index (κ2) is 5.06. The average molecular weight is 333 g/mol. The van der Waals surface area contributed by atoms with Gasteiger partial charge in [0, 0.05) is 24.1 Å². The molecule has 0 fully saturated rings. The van der Waals surface area contributed by atoms with Crippen LogP contribution in [-0.2, 0) is 11.9 Å². The Hall–Kier alpha value is -1.48. The van der Waals surface area contributed by atoms with Crippen LogP contribution in [0, 0.1) is 6.92 Å². The zero-order valence-electron chi connectivity index (χ0n) is 11.2. The molecule has 10 heteroatoms. The van der Waals surface area contributed by atoms with Crippen molar-refractivity contribution in [2.45, 2.75) is 30.9 Å². The van der Waals surface area contributed by atoms with Crippen LogP contribution < -0.4 is 0 Å². The molecule has 2 aromatic heterocycles. The Morgan fingerprint density at radius 1 is 1.43 bits per heavy atom. The summed E-state index contributed by atoms with van der Waals surface area (Å²) in [5.41, 5.74) is 2.27.